The average molecular weight is 493 g/mol. The summed E-state index contributed by atoms with van der Waals surface area (Å²) < 4.78 is 27.9. The number of primary sulfonamides is 1. The molecule has 5 atom stereocenters. The third-order valence-corrected chi connectivity index (χ3v) is 7.23. The minimum atomic E-state index is -3.71. The van der Waals surface area contributed by atoms with Crippen molar-refractivity contribution in [1.29, 1.82) is 0 Å². The third-order valence-electron chi connectivity index (χ3n) is 5.23. The summed E-state index contributed by atoms with van der Waals surface area (Å²) in [5, 5.41) is 46.6. The number of amides is 1. The molecule has 10 nitrogen and oxygen atoms in total. The van der Waals surface area contributed by atoms with Gasteiger partial charge in [-0.05, 0) is 42.7 Å². The van der Waals surface area contributed by atoms with Crippen LogP contribution in [0.25, 0.3) is 0 Å². The highest BCUT2D eigenvalue weighted by molar-refractivity contribution is 7.99. The molecular weight excluding hydrogens is 460 g/mol. The fourth-order valence-corrected chi connectivity index (χ4v) is 4.77. The van der Waals surface area contributed by atoms with Crippen molar-refractivity contribution in [1.82, 2.24) is 5.32 Å². The fourth-order valence-electron chi connectivity index (χ4n) is 3.35. The average Bonchev–Trinajstić information content (AvgIpc) is 2.75. The number of benzene rings is 1. The quantitative estimate of drug-likeness (QED) is 0.194. The number of carbonyl (C=O) groups excluding carboxylic acids is 1. The van der Waals surface area contributed by atoms with E-state index in [1.165, 1.54) is 12.1 Å². The van der Waals surface area contributed by atoms with Crippen LogP contribution in [0.2, 0.25) is 0 Å². The standard InChI is InChI=1S/C20H32N2O8S2/c21-32(28,29)14-5-3-13(4-6-14)7-9-22-17(24)8-11-31-10-1-2-15-18(25)20(27)19(26)16(12-23)30-15/h3-6,15-16,18-20,23,25-27H,1-2,7-12H2,(H,22,24)(H2,21,28,29)/t15-,16-,18-,19-,20-/m1/s1. The van der Waals surface area contributed by atoms with Crippen LogP contribution in [0.4, 0.5) is 0 Å². The number of ether oxygens (including phenoxy) is 1. The van der Waals surface area contributed by atoms with Crippen molar-refractivity contribution in [2.45, 2.75) is 61.1 Å². The van der Waals surface area contributed by atoms with Crippen molar-refractivity contribution in [2.24, 2.45) is 5.14 Å². The van der Waals surface area contributed by atoms with Gasteiger partial charge in [-0.15, -0.1) is 0 Å². The topological polar surface area (TPSA) is 179 Å². The summed E-state index contributed by atoms with van der Waals surface area (Å²) in [5.74, 6) is 1.29. The van der Waals surface area contributed by atoms with E-state index in [1.807, 2.05) is 0 Å². The maximum atomic E-state index is 11.9. The molecule has 2 rings (SSSR count). The van der Waals surface area contributed by atoms with Gasteiger partial charge in [-0.3, -0.25) is 4.79 Å². The zero-order chi connectivity index (χ0) is 23.7. The summed E-state index contributed by atoms with van der Waals surface area (Å²) in [7, 11) is -3.71. The lowest BCUT2D eigenvalue weighted by molar-refractivity contribution is -0.230. The molecule has 1 aliphatic heterocycles. The molecule has 0 saturated carbocycles. The maximum absolute atomic E-state index is 11.9. The van der Waals surface area contributed by atoms with E-state index < -0.39 is 47.2 Å². The molecule has 0 bridgehead atoms. The summed E-state index contributed by atoms with van der Waals surface area (Å²) in [6, 6.07) is 6.20. The Bertz CT molecular complexity index is 819. The number of aliphatic hydroxyl groups is 4. The number of nitrogens with two attached hydrogens (primary N) is 1. The summed E-state index contributed by atoms with van der Waals surface area (Å²) in [4.78, 5) is 12.0. The molecular formula is C20H32N2O8S2. The fraction of sp³-hybridized carbons (Fsp3) is 0.650. The van der Waals surface area contributed by atoms with Crippen LogP contribution in [0.1, 0.15) is 24.8 Å². The maximum Gasteiger partial charge on any atom is 0.238 e. The molecule has 0 aromatic heterocycles. The molecule has 12 heteroatoms. The van der Waals surface area contributed by atoms with Crippen molar-refractivity contribution < 1.29 is 38.4 Å². The molecule has 1 fully saturated rings. The van der Waals surface area contributed by atoms with E-state index >= 15 is 0 Å². The highest BCUT2D eigenvalue weighted by atomic mass is 32.2. The zero-order valence-electron chi connectivity index (χ0n) is 17.7. The van der Waals surface area contributed by atoms with Crippen molar-refractivity contribution in [3.05, 3.63) is 29.8 Å². The van der Waals surface area contributed by atoms with Gasteiger partial charge in [-0.25, -0.2) is 13.6 Å². The Balaban J connectivity index is 1.56. The van der Waals surface area contributed by atoms with Crippen LogP contribution in [0.5, 0.6) is 0 Å². The number of rotatable bonds is 12. The molecule has 0 unspecified atom stereocenters. The van der Waals surface area contributed by atoms with E-state index in [0.717, 1.165) is 11.3 Å². The van der Waals surface area contributed by atoms with Gasteiger partial charge < -0.3 is 30.5 Å². The highest BCUT2D eigenvalue weighted by Crippen LogP contribution is 2.24. The Kier molecular flexibility index (Phi) is 10.8. The Morgan fingerprint density at radius 3 is 2.34 bits per heavy atom. The Hall–Kier alpha value is -1.25. The molecule has 1 amide bonds. The largest absolute Gasteiger partial charge is 0.394 e. The molecule has 0 aliphatic carbocycles. The van der Waals surface area contributed by atoms with Gasteiger partial charge >= 0.3 is 0 Å². The summed E-state index contributed by atoms with van der Waals surface area (Å²) >= 11 is 1.58. The van der Waals surface area contributed by atoms with Crippen molar-refractivity contribution in [2.75, 3.05) is 24.7 Å². The lowest BCUT2D eigenvalue weighted by atomic mass is 9.93. The summed E-state index contributed by atoms with van der Waals surface area (Å²) in [6.07, 6.45) is -3.38. The molecule has 0 radical (unpaired) electrons. The molecule has 7 N–H and O–H groups in total. The molecule has 0 spiro atoms. The second-order valence-electron chi connectivity index (χ2n) is 7.66. The van der Waals surface area contributed by atoms with E-state index in [2.05, 4.69) is 5.32 Å². The van der Waals surface area contributed by atoms with E-state index in [1.54, 1.807) is 23.9 Å². The van der Waals surface area contributed by atoms with E-state index in [4.69, 9.17) is 9.88 Å². The molecule has 32 heavy (non-hydrogen) atoms. The number of hydrogen-bond acceptors (Lipinski definition) is 9. The van der Waals surface area contributed by atoms with Gasteiger partial charge in [-0.1, -0.05) is 12.1 Å². The predicted molar refractivity (Wildman–Crippen MR) is 119 cm³/mol. The van der Waals surface area contributed by atoms with Gasteiger partial charge in [0.15, 0.2) is 0 Å². The van der Waals surface area contributed by atoms with Gasteiger partial charge in [0.1, 0.15) is 24.4 Å². The third kappa shape index (κ3) is 8.27. The summed E-state index contributed by atoms with van der Waals surface area (Å²) in [5.41, 5.74) is 0.889. The Labute approximate surface area is 192 Å². The monoisotopic (exact) mass is 492 g/mol. The van der Waals surface area contributed by atoms with Crippen LogP contribution >= 0.6 is 11.8 Å². The lowest BCUT2D eigenvalue weighted by Gasteiger charge is -2.40. The van der Waals surface area contributed by atoms with Crippen LogP contribution < -0.4 is 10.5 Å². The molecule has 1 aromatic carbocycles. The minimum Gasteiger partial charge on any atom is -0.394 e. The van der Waals surface area contributed by atoms with Crippen LogP contribution in [0.3, 0.4) is 0 Å². The molecule has 1 heterocycles. The zero-order valence-corrected chi connectivity index (χ0v) is 19.3. The van der Waals surface area contributed by atoms with Crippen LogP contribution in [0, 0.1) is 0 Å². The van der Waals surface area contributed by atoms with Gasteiger partial charge in [0.25, 0.3) is 0 Å². The van der Waals surface area contributed by atoms with Crippen molar-refractivity contribution in [3.63, 3.8) is 0 Å². The normalized spacial score (nSPS) is 26.1. The van der Waals surface area contributed by atoms with E-state index in [-0.39, 0.29) is 10.8 Å². The first-order chi connectivity index (χ1) is 15.1. The smallest absolute Gasteiger partial charge is 0.238 e. The number of thioether (sulfide) groups is 1. The first-order valence-electron chi connectivity index (χ1n) is 10.4. The predicted octanol–water partition coefficient (Wildman–Crippen LogP) is -1.26. The second kappa shape index (κ2) is 12.8. The Morgan fingerprint density at radius 1 is 1.06 bits per heavy atom. The second-order valence-corrected chi connectivity index (χ2v) is 10.4. The van der Waals surface area contributed by atoms with Crippen LogP contribution in [-0.4, -0.2) is 89.9 Å². The number of sulfonamides is 1. The molecule has 1 aliphatic rings. The highest BCUT2D eigenvalue weighted by Gasteiger charge is 2.42. The first kappa shape index (κ1) is 27.0. The molecule has 182 valence electrons. The van der Waals surface area contributed by atoms with Crippen molar-refractivity contribution in [3.8, 4) is 0 Å². The van der Waals surface area contributed by atoms with Gasteiger partial charge in [0.05, 0.1) is 17.6 Å². The van der Waals surface area contributed by atoms with Gasteiger partial charge in [-0.2, -0.15) is 11.8 Å². The SMILES string of the molecule is NS(=O)(=O)c1ccc(CCNC(=O)CCSCCC[C@H]2O[C@H](CO)[C@@H](O)[C@H](O)[C@@H]2O)cc1. The summed E-state index contributed by atoms with van der Waals surface area (Å²) in [6.45, 7) is 0.00154. The van der Waals surface area contributed by atoms with Crippen LogP contribution in [-0.2, 0) is 26.0 Å². The lowest BCUT2D eigenvalue weighted by Crippen LogP contribution is -2.58. The van der Waals surface area contributed by atoms with Gasteiger partial charge in [0, 0.05) is 18.7 Å². The van der Waals surface area contributed by atoms with Crippen molar-refractivity contribution >= 4 is 27.7 Å². The minimum absolute atomic E-state index is 0.0499. The number of nitrogens with one attached hydrogen (secondary N) is 1. The number of hydrogen-bond donors (Lipinski definition) is 6. The Morgan fingerprint density at radius 2 is 1.72 bits per heavy atom. The molecule has 1 saturated heterocycles. The first-order valence-corrected chi connectivity index (χ1v) is 13.1. The number of aliphatic hydroxyl groups excluding tert-OH is 4. The van der Waals surface area contributed by atoms with E-state index in [9.17, 15) is 33.6 Å². The van der Waals surface area contributed by atoms with Crippen LogP contribution in [0.15, 0.2) is 29.2 Å². The van der Waals surface area contributed by atoms with Gasteiger partial charge in [0.2, 0.25) is 15.9 Å². The molecule has 1 aromatic rings. The number of carbonyl (C=O) groups is 1. The van der Waals surface area contributed by atoms with E-state index in [0.29, 0.717) is 38.0 Å².